The molecule has 2 aromatic heterocycles. The van der Waals surface area contributed by atoms with Gasteiger partial charge in [-0.3, -0.25) is 4.79 Å². The quantitative estimate of drug-likeness (QED) is 0.477. The van der Waals surface area contributed by atoms with Crippen LogP contribution in [0, 0.1) is 0 Å². The van der Waals surface area contributed by atoms with Gasteiger partial charge in [-0.15, -0.1) is 11.3 Å². The maximum atomic E-state index is 12.8. The first-order valence-electron chi connectivity index (χ1n) is 9.37. The number of rotatable bonds is 7. The molecule has 0 aliphatic heterocycles. The summed E-state index contributed by atoms with van der Waals surface area (Å²) in [5, 5.41) is 9.77. The minimum atomic E-state index is -0.223. The molecule has 0 atom stereocenters. The number of carbonyl (C=O) groups is 1. The maximum absolute atomic E-state index is 12.8. The number of methoxy groups -OCH3 is 2. The zero-order valence-corrected chi connectivity index (χ0v) is 17.5. The minimum absolute atomic E-state index is 0.223. The Labute approximate surface area is 178 Å². The number of nitrogens with zero attached hydrogens (tertiary/aromatic N) is 2. The lowest BCUT2D eigenvalue weighted by molar-refractivity contribution is 0.0948. The Bertz CT molecular complexity index is 1140. The molecule has 4 rings (SSSR count). The second-order valence-corrected chi connectivity index (χ2v) is 7.46. The molecule has 0 fully saturated rings. The fourth-order valence-electron chi connectivity index (χ4n) is 3.13. The second-order valence-electron chi connectivity index (χ2n) is 6.51. The van der Waals surface area contributed by atoms with Gasteiger partial charge in [0.25, 0.3) is 5.91 Å². The third-order valence-electron chi connectivity index (χ3n) is 4.66. The zero-order chi connectivity index (χ0) is 20.9. The highest BCUT2D eigenvalue weighted by Gasteiger charge is 2.17. The number of aromatic nitrogens is 2. The highest BCUT2D eigenvalue weighted by atomic mass is 32.1. The van der Waals surface area contributed by atoms with Crippen LogP contribution < -0.4 is 14.8 Å². The molecule has 152 valence electrons. The smallest absolute Gasteiger partial charge is 0.255 e. The highest BCUT2D eigenvalue weighted by molar-refractivity contribution is 7.13. The molecule has 1 amide bonds. The van der Waals surface area contributed by atoms with Gasteiger partial charge < -0.3 is 14.8 Å². The average molecular weight is 420 g/mol. The van der Waals surface area contributed by atoms with Crippen molar-refractivity contribution in [3.63, 3.8) is 0 Å². The Hall–Kier alpha value is -3.58. The number of benzene rings is 2. The van der Waals surface area contributed by atoms with Gasteiger partial charge in [0, 0.05) is 24.4 Å². The van der Waals surface area contributed by atoms with Crippen LogP contribution >= 0.6 is 11.3 Å². The number of ether oxygens (including phenoxy) is 2. The lowest BCUT2D eigenvalue weighted by atomic mass is 10.1. The Balaban J connectivity index is 1.60. The van der Waals surface area contributed by atoms with E-state index in [0.717, 1.165) is 21.8 Å². The van der Waals surface area contributed by atoms with Crippen LogP contribution in [0.15, 0.2) is 72.2 Å². The molecule has 30 heavy (non-hydrogen) atoms. The molecule has 0 bridgehead atoms. The van der Waals surface area contributed by atoms with Gasteiger partial charge in [0.05, 0.1) is 30.3 Å². The van der Waals surface area contributed by atoms with E-state index in [0.29, 0.717) is 23.6 Å². The van der Waals surface area contributed by atoms with E-state index in [-0.39, 0.29) is 5.91 Å². The van der Waals surface area contributed by atoms with E-state index in [2.05, 4.69) is 5.32 Å². The number of hydrogen-bond donors (Lipinski definition) is 1. The molecule has 6 nitrogen and oxygen atoms in total. The van der Waals surface area contributed by atoms with Crippen LogP contribution in [0.5, 0.6) is 11.5 Å². The topological polar surface area (TPSA) is 65.4 Å². The van der Waals surface area contributed by atoms with Crippen LogP contribution in [0.3, 0.4) is 0 Å². The van der Waals surface area contributed by atoms with Crippen molar-refractivity contribution < 1.29 is 14.3 Å². The number of thiophene rings is 1. The van der Waals surface area contributed by atoms with E-state index in [4.69, 9.17) is 14.6 Å². The van der Waals surface area contributed by atoms with Gasteiger partial charge in [0.1, 0.15) is 17.2 Å². The summed E-state index contributed by atoms with van der Waals surface area (Å²) in [6.45, 7) is 0.341. The second kappa shape index (κ2) is 8.84. The lowest BCUT2D eigenvalue weighted by Gasteiger charge is -2.10. The summed E-state index contributed by atoms with van der Waals surface area (Å²) < 4.78 is 12.4. The molecule has 0 unspecified atom stereocenters. The van der Waals surface area contributed by atoms with Gasteiger partial charge in [-0.1, -0.05) is 24.3 Å². The van der Waals surface area contributed by atoms with Crippen LogP contribution in [0.25, 0.3) is 16.3 Å². The predicted molar refractivity (Wildman–Crippen MR) is 118 cm³/mol. The summed E-state index contributed by atoms with van der Waals surface area (Å²) >= 11 is 1.62. The molecule has 0 saturated heterocycles. The maximum Gasteiger partial charge on any atom is 0.255 e. The molecule has 2 aromatic carbocycles. The van der Waals surface area contributed by atoms with Gasteiger partial charge in [0.2, 0.25) is 0 Å². The van der Waals surface area contributed by atoms with Crippen molar-refractivity contribution in [2.24, 2.45) is 0 Å². The first-order chi connectivity index (χ1) is 14.7. The molecule has 0 spiro atoms. The average Bonchev–Trinajstić information content (AvgIpc) is 3.47. The summed E-state index contributed by atoms with van der Waals surface area (Å²) in [4.78, 5) is 13.9. The molecule has 7 heteroatoms. The van der Waals surface area contributed by atoms with Crippen molar-refractivity contribution in [3.8, 4) is 27.8 Å². The highest BCUT2D eigenvalue weighted by Crippen LogP contribution is 2.28. The van der Waals surface area contributed by atoms with Gasteiger partial charge in [0.15, 0.2) is 0 Å². The van der Waals surface area contributed by atoms with Crippen molar-refractivity contribution in [1.82, 2.24) is 15.1 Å². The summed E-state index contributed by atoms with van der Waals surface area (Å²) in [5.74, 6) is 0.872. The minimum Gasteiger partial charge on any atom is -0.497 e. The van der Waals surface area contributed by atoms with Crippen molar-refractivity contribution in [3.05, 3.63) is 83.4 Å². The molecule has 0 radical (unpaired) electrons. The predicted octanol–water partition coefficient (Wildman–Crippen LogP) is 4.55. The van der Waals surface area contributed by atoms with Crippen molar-refractivity contribution in [1.29, 1.82) is 0 Å². The molecule has 2 heterocycles. The van der Waals surface area contributed by atoms with Crippen LogP contribution in [-0.4, -0.2) is 29.9 Å². The number of nitrogens with one attached hydrogen (secondary N) is 1. The molecule has 1 N–H and O–H groups in total. The Morgan fingerprint density at radius 3 is 2.60 bits per heavy atom. The number of carbonyl (C=O) groups excluding carboxylic acids is 1. The molecule has 0 aliphatic rings. The SMILES string of the molecule is COc1ccc(C(=O)NCc2cn(-c3ccccc3)nc2-c2cccs2)c(OC)c1. The first kappa shape index (κ1) is 19.7. The molecule has 4 aromatic rings. The Kier molecular flexibility index (Phi) is 5.81. The summed E-state index contributed by atoms with van der Waals surface area (Å²) in [7, 11) is 3.11. The van der Waals surface area contributed by atoms with Gasteiger partial charge >= 0.3 is 0 Å². The van der Waals surface area contributed by atoms with E-state index < -0.39 is 0 Å². The lowest BCUT2D eigenvalue weighted by Crippen LogP contribution is -2.23. The Morgan fingerprint density at radius 2 is 1.90 bits per heavy atom. The summed E-state index contributed by atoms with van der Waals surface area (Å²) in [6, 6.07) is 19.1. The van der Waals surface area contributed by atoms with E-state index in [1.165, 1.54) is 7.11 Å². The number of hydrogen-bond acceptors (Lipinski definition) is 5. The third-order valence-corrected chi connectivity index (χ3v) is 5.53. The van der Waals surface area contributed by atoms with E-state index in [1.54, 1.807) is 36.6 Å². The third kappa shape index (κ3) is 4.06. The van der Waals surface area contributed by atoms with Crippen LogP contribution in [0.4, 0.5) is 0 Å². The first-order valence-corrected chi connectivity index (χ1v) is 10.3. The van der Waals surface area contributed by atoms with E-state index >= 15 is 0 Å². The molecular formula is C23H21N3O3S. The van der Waals surface area contributed by atoms with Crippen LogP contribution in [0.1, 0.15) is 15.9 Å². The zero-order valence-electron chi connectivity index (χ0n) is 16.7. The van der Waals surface area contributed by atoms with Gasteiger partial charge in [-0.2, -0.15) is 5.10 Å². The van der Waals surface area contributed by atoms with Crippen molar-refractivity contribution >= 4 is 17.2 Å². The fourth-order valence-corrected chi connectivity index (χ4v) is 3.87. The standard InChI is InChI=1S/C23H21N3O3S/c1-28-18-10-11-19(20(13-18)29-2)23(27)24-14-16-15-26(17-7-4-3-5-8-17)25-22(16)21-9-6-12-30-21/h3-13,15H,14H2,1-2H3,(H,24,27). The van der Waals surface area contributed by atoms with Crippen molar-refractivity contribution in [2.45, 2.75) is 6.54 Å². The van der Waals surface area contributed by atoms with Gasteiger partial charge in [-0.25, -0.2) is 4.68 Å². The fraction of sp³-hybridized carbons (Fsp3) is 0.130. The monoisotopic (exact) mass is 419 g/mol. The normalized spacial score (nSPS) is 10.6. The largest absolute Gasteiger partial charge is 0.497 e. The van der Waals surface area contributed by atoms with Gasteiger partial charge in [-0.05, 0) is 35.7 Å². The molecule has 0 aliphatic carbocycles. The molecule has 0 saturated carbocycles. The van der Waals surface area contributed by atoms with E-state index in [1.807, 2.05) is 58.7 Å². The van der Waals surface area contributed by atoms with E-state index in [9.17, 15) is 4.79 Å². The van der Waals surface area contributed by atoms with Crippen molar-refractivity contribution in [2.75, 3.05) is 14.2 Å². The molecular weight excluding hydrogens is 398 g/mol. The number of para-hydroxylation sites is 1. The van der Waals surface area contributed by atoms with Crippen LogP contribution in [0.2, 0.25) is 0 Å². The number of amides is 1. The summed E-state index contributed by atoms with van der Waals surface area (Å²) in [6.07, 6.45) is 1.95. The van der Waals surface area contributed by atoms with Crippen LogP contribution in [-0.2, 0) is 6.54 Å². The Morgan fingerprint density at radius 1 is 1.07 bits per heavy atom. The summed E-state index contributed by atoms with van der Waals surface area (Å²) in [5.41, 5.74) is 3.20.